The van der Waals surface area contributed by atoms with Crippen LogP contribution in [0.2, 0.25) is 0 Å². The summed E-state index contributed by atoms with van der Waals surface area (Å²) in [5, 5.41) is 0. The topological polar surface area (TPSA) is 32.5 Å². The minimum atomic E-state index is 0.184. The first kappa shape index (κ1) is 13.1. The van der Waals surface area contributed by atoms with Gasteiger partial charge in [0.15, 0.2) is 0 Å². The van der Waals surface area contributed by atoms with Crippen molar-refractivity contribution in [2.75, 3.05) is 39.3 Å². The summed E-state index contributed by atoms with van der Waals surface area (Å²) < 4.78 is 0. The summed E-state index contributed by atoms with van der Waals surface area (Å²) >= 11 is 0. The van der Waals surface area contributed by atoms with Crippen LogP contribution in [0, 0.1) is 0 Å². The second kappa shape index (κ2) is 5.23. The van der Waals surface area contributed by atoms with E-state index in [0.29, 0.717) is 0 Å². The summed E-state index contributed by atoms with van der Waals surface area (Å²) in [6.07, 6.45) is 2.26. The molecule has 0 bridgehead atoms. The van der Waals surface area contributed by atoms with Crippen LogP contribution >= 0.6 is 0 Å². The third-order valence-corrected chi connectivity index (χ3v) is 5.03. The Labute approximate surface area is 116 Å². The quantitative estimate of drug-likeness (QED) is 0.883. The molecule has 1 aromatic rings. The lowest BCUT2D eigenvalue weighted by atomic mass is 9.92. The van der Waals surface area contributed by atoms with Gasteiger partial charge < -0.3 is 10.6 Å². The van der Waals surface area contributed by atoms with Crippen molar-refractivity contribution < 1.29 is 0 Å². The van der Waals surface area contributed by atoms with Crippen LogP contribution < -0.4 is 5.73 Å². The van der Waals surface area contributed by atoms with Crippen molar-refractivity contribution in [1.82, 2.24) is 9.80 Å². The number of rotatable bonds is 3. The van der Waals surface area contributed by atoms with Crippen molar-refractivity contribution >= 4 is 0 Å². The van der Waals surface area contributed by atoms with Gasteiger partial charge in [-0.05, 0) is 30.5 Å². The Bertz CT molecular complexity index is 410. The van der Waals surface area contributed by atoms with Gasteiger partial charge in [0.25, 0.3) is 0 Å². The lowest BCUT2D eigenvalue weighted by Crippen LogP contribution is -2.60. The van der Waals surface area contributed by atoms with Crippen molar-refractivity contribution in [3.8, 4) is 0 Å². The smallest absolute Gasteiger partial charge is 0.0413 e. The fourth-order valence-electron chi connectivity index (χ4n) is 3.71. The Hall–Kier alpha value is -0.900. The van der Waals surface area contributed by atoms with Crippen molar-refractivity contribution in [1.29, 1.82) is 0 Å². The second-order valence-corrected chi connectivity index (χ2v) is 5.97. The molecule has 0 amide bonds. The number of nitrogens with zero attached hydrogens (tertiary/aromatic N) is 2. The number of hydrogen-bond donors (Lipinski definition) is 1. The first-order chi connectivity index (χ1) is 9.27. The Kier molecular flexibility index (Phi) is 3.61. The predicted octanol–water partition coefficient (Wildman–Crippen LogP) is 1.12. The fraction of sp³-hybridized carbons (Fsp3) is 0.625. The molecule has 0 radical (unpaired) electrons. The summed E-state index contributed by atoms with van der Waals surface area (Å²) in [6, 6.07) is 8.85. The Morgan fingerprint density at radius 3 is 2.11 bits per heavy atom. The minimum Gasteiger partial charge on any atom is -0.329 e. The van der Waals surface area contributed by atoms with Gasteiger partial charge in [0, 0.05) is 38.3 Å². The average Bonchev–Trinajstić information content (AvgIpc) is 2.87. The molecule has 1 aromatic carbocycles. The number of hydrogen-bond acceptors (Lipinski definition) is 3. The van der Waals surface area contributed by atoms with E-state index in [4.69, 9.17) is 5.73 Å². The molecule has 104 valence electrons. The molecule has 0 aromatic heterocycles. The summed E-state index contributed by atoms with van der Waals surface area (Å²) in [6.45, 7) is 8.90. The molecule has 0 atom stereocenters. The first-order valence-corrected chi connectivity index (χ1v) is 7.52. The molecule has 0 spiro atoms. The summed E-state index contributed by atoms with van der Waals surface area (Å²) in [7, 11) is 0. The second-order valence-electron chi connectivity index (χ2n) is 5.97. The monoisotopic (exact) mass is 259 g/mol. The lowest BCUT2D eigenvalue weighted by Gasteiger charge is -2.45. The van der Waals surface area contributed by atoms with E-state index in [1.54, 1.807) is 0 Å². The van der Waals surface area contributed by atoms with Gasteiger partial charge in [-0.25, -0.2) is 0 Å². The van der Waals surface area contributed by atoms with Gasteiger partial charge in [-0.3, -0.25) is 4.90 Å². The zero-order valence-electron chi connectivity index (χ0n) is 11.9. The van der Waals surface area contributed by atoms with Crippen LogP contribution in [0.4, 0.5) is 0 Å². The minimum absolute atomic E-state index is 0.184. The molecule has 2 N–H and O–H groups in total. The number of nitrogens with two attached hydrogens (primary N) is 1. The normalized spacial score (nSPS) is 23.5. The molecule has 2 aliphatic rings. The Balaban J connectivity index is 1.76. The van der Waals surface area contributed by atoms with Gasteiger partial charge in [0.1, 0.15) is 0 Å². The zero-order valence-corrected chi connectivity index (χ0v) is 11.9. The highest BCUT2D eigenvalue weighted by molar-refractivity contribution is 5.36. The molecule has 1 aliphatic heterocycles. The number of fused-ring (bicyclic) bond motifs is 1. The van der Waals surface area contributed by atoms with E-state index >= 15 is 0 Å². The maximum absolute atomic E-state index is 6.19. The average molecular weight is 259 g/mol. The Morgan fingerprint density at radius 2 is 1.63 bits per heavy atom. The van der Waals surface area contributed by atoms with Crippen LogP contribution in [0.25, 0.3) is 0 Å². The van der Waals surface area contributed by atoms with E-state index < -0.39 is 0 Å². The van der Waals surface area contributed by atoms with Crippen LogP contribution in [-0.2, 0) is 12.8 Å². The van der Waals surface area contributed by atoms with Gasteiger partial charge >= 0.3 is 0 Å². The fourth-order valence-corrected chi connectivity index (χ4v) is 3.71. The van der Waals surface area contributed by atoms with Crippen molar-refractivity contribution in [3.63, 3.8) is 0 Å². The van der Waals surface area contributed by atoms with Crippen LogP contribution in [0.15, 0.2) is 24.3 Å². The summed E-state index contributed by atoms with van der Waals surface area (Å²) in [4.78, 5) is 5.18. The molecule has 1 fully saturated rings. The van der Waals surface area contributed by atoms with Crippen molar-refractivity contribution in [2.45, 2.75) is 25.3 Å². The van der Waals surface area contributed by atoms with E-state index in [1.165, 1.54) is 43.9 Å². The molecule has 3 nitrogen and oxygen atoms in total. The maximum atomic E-state index is 6.19. The maximum Gasteiger partial charge on any atom is 0.0413 e. The SMILES string of the molecule is CCN1CCN(C2(CN)Cc3ccccc3C2)CC1. The van der Waals surface area contributed by atoms with Crippen LogP contribution in [0.3, 0.4) is 0 Å². The largest absolute Gasteiger partial charge is 0.329 e. The van der Waals surface area contributed by atoms with Gasteiger partial charge in [0.05, 0.1) is 0 Å². The van der Waals surface area contributed by atoms with E-state index in [1.807, 2.05) is 0 Å². The van der Waals surface area contributed by atoms with Gasteiger partial charge in [0.2, 0.25) is 0 Å². The highest BCUT2D eigenvalue weighted by atomic mass is 15.3. The Morgan fingerprint density at radius 1 is 1.05 bits per heavy atom. The zero-order chi connectivity index (χ0) is 13.3. The van der Waals surface area contributed by atoms with E-state index in [-0.39, 0.29) is 5.54 Å². The molecule has 3 heteroatoms. The highest BCUT2D eigenvalue weighted by Crippen LogP contribution is 2.34. The van der Waals surface area contributed by atoms with E-state index in [9.17, 15) is 0 Å². The number of benzene rings is 1. The molecule has 1 heterocycles. The van der Waals surface area contributed by atoms with Gasteiger partial charge in [-0.1, -0.05) is 31.2 Å². The molecule has 1 aliphatic carbocycles. The van der Waals surface area contributed by atoms with Crippen LogP contribution in [0.5, 0.6) is 0 Å². The van der Waals surface area contributed by atoms with Gasteiger partial charge in [-0.2, -0.15) is 0 Å². The van der Waals surface area contributed by atoms with Crippen molar-refractivity contribution in [2.24, 2.45) is 5.73 Å². The molecular formula is C16H25N3. The van der Waals surface area contributed by atoms with Gasteiger partial charge in [-0.15, -0.1) is 0 Å². The third-order valence-electron chi connectivity index (χ3n) is 5.03. The highest BCUT2D eigenvalue weighted by Gasteiger charge is 2.41. The molecular weight excluding hydrogens is 234 g/mol. The summed E-state index contributed by atoms with van der Waals surface area (Å²) in [5.74, 6) is 0. The standard InChI is InChI=1S/C16H25N3/c1-2-18-7-9-19(10-8-18)16(13-17)11-14-5-3-4-6-15(14)12-16/h3-6H,2,7-13,17H2,1H3. The first-order valence-electron chi connectivity index (χ1n) is 7.52. The van der Waals surface area contributed by atoms with Crippen LogP contribution in [0.1, 0.15) is 18.1 Å². The predicted molar refractivity (Wildman–Crippen MR) is 79.3 cm³/mol. The van der Waals surface area contributed by atoms with Crippen molar-refractivity contribution in [3.05, 3.63) is 35.4 Å². The third kappa shape index (κ3) is 2.31. The number of piperazine rings is 1. The molecule has 1 saturated heterocycles. The van der Waals surface area contributed by atoms with E-state index in [0.717, 1.165) is 19.4 Å². The molecule has 19 heavy (non-hydrogen) atoms. The molecule has 0 unspecified atom stereocenters. The summed E-state index contributed by atoms with van der Waals surface area (Å²) in [5.41, 5.74) is 9.39. The number of likely N-dealkylation sites (N-methyl/N-ethyl adjacent to an activating group) is 1. The van der Waals surface area contributed by atoms with E-state index in [2.05, 4.69) is 41.0 Å². The lowest BCUT2D eigenvalue weighted by molar-refractivity contribution is 0.0435. The molecule has 3 rings (SSSR count). The van der Waals surface area contributed by atoms with Crippen LogP contribution in [-0.4, -0.2) is 54.6 Å². The molecule has 0 saturated carbocycles.